The molecule has 1 amide bonds. The Morgan fingerprint density at radius 1 is 1.67 bits per heavy atom. The molecule has 72 valence electrons. The average Bonchev–Trinajstić information content (AvgIpc) is 1.85. The van der Waals surface area contributed by atoms with Gasteiger partial charge >= 0.3 is 0 Å². The lowest BCUT2D eigenvalue weighted by Gasteiger charge is -2.21. The summed E-state index contributed by atoms with van der Waals surface area (Å²) in [6.45, 7) is 5.20. The van der Waals surface area contributed by atoms with Crippen LogP contribution in [0.5, 0.6) is 0 Å². The van der Waals surface area contributed by atoms with Crippen LogP contribution in [0.4, 0.5) is 0 Å². The zero-order valence-corrected chi connectivity index (χ0v) is 7.92. The van der Waals surface area contributed by atoms with E-state index < -0.39 is 5.54 Å². The second-order valence-electron chi connectivity index (χ2n) is 3.61. The van der Waals surface area contributed by atoms with Crippen LogP contribution < -0.4 is 11.1 Å². The highest BCUT2D eigenvalue weighted by molar-refractivity contribution is 5.85. The molecule has 0 fully saturated rings. The fourth-order valence-electron chi connectivity index (χ4n) is 0.676. The highest BCUT2D eigenvalue weighted by Gasteiger charge is 2.22. The number of carbonyl (C=O) groups excluding carboxylic acids is 1. The summed E-state index contributed by atoms with van der Waals surface area (Å²) in [6, 6.07) is -0.0228. The zero-order chi connectivity index (χ0) is 9.78. The van der Waals surface area contributed by atoms with Gasteiger partial charge in [0.15, 0.2) is 0 Å². The van der Waals surface area contributed by atoms with Gasteiger partial charge in [-0.1, -0.05) is 0 Å². The standard InChI is InChI=1S/C8H18N2O2/c1-6(4-5-11)10-7(12)8(2,3)9/h6,11H,4-5,9H2,1-3H3,(H,10,12). The molecule has 1 unspecified atom stereocenters. The SMILES string of the molecule is CC(CCO)NC(=O)C(C)(C)N. The molecule has 4 nitrogen and oxygen atoms in total. The van der Waals surface area contributed by atoms with Crippen LogP contribution >= 0.6 is 0 Å². The molecule has 0 aliphatic heterocycles. The molecule has 0 aromatic heterocycles. The maximum Gasteiger partial charge on any atom is 0.239 e. The molecule has 0 spiro atoms. The number of amides is 1. The van der Waals surface area contributed by atoms with Gasteiger partial charge < -0.3 is 16.2 Å². The molecule has 12 heavy (non-hydrogen) atoms. The largest absolute Gasteiger partial charge is 0.396 e. The van der Waals surface area contributed by atoms with E-state index in [2.05, 4.69) is 5.32 Å². The Labute approximate surface area is 73.1 Å². The normalized spacial score (nSPS) is 14.1. The van der Waals surface area contributed by atoms with E-state index in [0.717, 1.165) is 0 Å². The number of rotatable bonds is 4. The van der Waals surface area contributed by atoms with E-state index in [0.29, 0.717) is 6.42 Å². The summed E-state index contributed by atoms with van der Waals surface area (Å²) in [4.78, 5) is 11.2. The van der Waals surface area contributed by atoms with Gasteiger partial charge in [0.2, 0.25) is 5.91 Å². The molecular formula is C8H18N2O2. The van der Waals surface area contributed by atoms with E-state index in [4.69, 9.17) is 10.8 Å². The van der Waals surface area contributed by atoms with Crippen molar-refractivity contribution in [1.29, 1.82) is 0 Å². The van der Waals surface area contributed by atoms with Crippen molar-refractivity contribution in [2.24, 2.45) is 5.73 Å². The van der Waals surface area contributed by atoms with Crippen molar-refractivity contribution in [2.75, 3.05) is 6.61 Å². The summed E-state index contributed by atoms with van der Waals surface area (Å²) in [5.74, 6) is -0.191. The second kappa shape index (κ2) is 4.42. The van der Waals surface area contributed by atoms with Crippen LogP contribution in [-0.4, -0.2) is 29.2 Å². The molecule has 0 heterocycles. The Bertz CT molecular complexity index is 152. The van der Waals surface area contributed by atoms with Gasteiger partial charge in [-0.25, -0.2) is 0 Å². The van der Waals surface area contributed by atoms with Crippen LogP contribution in [-0.2, 0) is 4.79 Å². The number of nitrogens with one attached hydrogen (secondary N) is 1. The molecule has 4 N–H and O–H groups in total. The van der Waals surface area contributed by atoms with E-state index in [1.165, 1.54) is 0 Å². The highest BCUT2D eigenvalue weighted by Crippen LogP contribution is 1.98. The third kappa shape index (κ3) is 4.31. The molecule has 0 saturated heterocycles. The minimum Gasteiger partial charge on any atom is -0.396 e. The fourth-order valence-corrected chi connectivity index (χ4v) is 0.676. The van der Waals surface area contributed by atoms with Gasteiger partial charge in [-0.3, -0.25) is 4.79 Å². The monoisotopic (exact) mass is 174 g/mol. The minimum absolute atomic E-state index is 0.0228. The first-order valence-corrected chi connectivity index (χ1v) is 4.08. The molecule has 0 aliphatic carbocycles. The first-order valence-electron chi connectivity index (χ1n) is 4.08. The lowest BCUT2D eigenvalue weighted by molar-refractivity contribution is -0.125. The van der Waals surface area contributed by atoms with E-state index >= 15 is 0 Å². The molecule has 0 rings (SSSR count). The molecule has 0 saturated carbocycles. The van der Waals surface area contributed by atoms with Gasteiger partial charge in [-0.2, -0.15) is 0 Å². The van der Waals surface area contributed by atoms with E-state index in [-0.39, 0.29) is 18.6 Å². The summed E-state index contributed by atoms with van der Waals surface area (Å²) in [6.07, 6.45) is 0.557. The number of aliphatic hydroxyl groups is 1. The van der Waals surface area contributed by atoms with Gasteiger partial charge in [0.05, 0.1) is 5.54 Å². The van der Waals surface area contributed by atoms with Crippen LogP contribution in [0.1, 0.15) is 27.2 Å². The summed E-state index contributed by atoms with van der Waals surface area (Å²) < 4.78 is 0. The fraction of sp³-hybridized carbons (Fsp3) is 0.875. The first-order chi connectivity index (χ1) is 5.38. The smallest absolute Gasteiger partial charge is 0.239 e. The van der Waals surface area contributed by atoms with Gasteiger partial charge in [-0.05, 0) is 27.2 Å². The third-order valence-electron chi connectivity index (χ3n) is 1.52. The third-order valence-corrected chi connectivity index (χ3v) is 1.52. The molecule has 4 heteroatoms. The molecule has 0 bridgehead atoms. The lowest BCUT2D eigenvalue weighted by Crippen LogP contribution is -2.51. The highest BCUT2D eigenvalue weighted by atomic mass is 16.3. The summed E-state index contributed by atoms with van der Waals surface area (Å²) in [7, 11) is 0. The van der Waals surface area contributed by atoms with Gasteiger partial charge in [-0.15, -0.1) is 0 Å². The molecule has 0 aliphatic rings. The predicted octanol–water partition coefficient (Wildman–Crippen LogP) is -0.389. The number of aliphatic hydroxyl groups excluding tert-OH is 1. The lowest BCUT2D eigenvalue weighted by atomic mass is 10.1. The van der Waals surface area contributed by atoms with Gasteiger partial charge in [0, 0.05) is 12.6 Å². The maximum atomic E-state index is 11.2. The van der Waals surface area contributed by atoms with Crippen molar-refractivity contribution in [3.63, 3.8) is 0 Å². The Morgan fingerprint density at radius 2 is 2.17 bits per heavy atom. The van der Waals surface area contributed by atoms with E-state index in [9.17, 15) is 4.79 Å². The van der Waals surface area contributed by atoms with E-state index in [1.807, 2.05) is 6.92 Å². The van der Waals surface area contributed by atoms with Crippen LogP contribution in [0, 0.1) is 0 Å². The minimum atomic E-state index is -0.844. The average molecular weight is 174 g/mol. The Morgan fingerprint density at radius 3 is 2.50 bits per heavy atom. The molecule has 0 radical (unpaired) electrons. The van der Waals surface area contributed by atoms with Crippen molar-refractivity contribution in [3.8, 4) is 0 Å². The topological polar surface area (TPSA) is 75.3 Å². The summed E-state index contributed by atoms with van der Waals surface area (Å²) in [5.41, 5.74) is 4.71. The van der Waals surface area contributed by atoms with Gasteiger partial charge in [0.25, 0.3) is 0 Å². The predicted molar refractivity (Wildman–Crippen MR) is 47.6 cm³/mol. The molecule has 0 aromatic rings. The zero-order valence-electron chi connectivity index (χ0n) is 7.92. The van der Waals surface area contributed by atoms with Crippen molar-refractivity contribution in [1.82, 2.24) is 5.32 Å². The quantitative estimate of drug-likeness (QED) is 0.543. The summed E-state index contributed by atoms with van der Waals surface area (Å²) in [5, 5.41) is 11.3. The number of nitrogens with two attached hydrogens (primary N) is 1. The molecule has 0 aromatic carbocycles. The van der Waals surface area contributed by atoms with Crippen molar-refractivity contribution < 1.29 is 9.90 Å². The van der Waals surface area contributed by atoms with Crippen LogP contribution in [0.15, 0.2) is 0 Å². The molecule has 1 atom stereocenters. The van der Waals surface area contributed by atoms with Crippen molar-refractivity contribution in [3.05, 3.63) is 0 Å². The summed E-state index contributed by atoms with van der Waals surface area (Å²) >= 11 is 0. The number of hydrogen-bond acceptors (Lipinski definition) is 3. The van der Waals surface area contributed by atoms with Gasteiger partial charge in [0.1, 0.15) is 0 Å². The maximum absolute atomic E-state index is 11.2. The van der Waals surface area contributed by atoms with Crippen molar-refractivity contribution >= 4 is 5.91 Å². The number of hydrogen-bond donors (Lipinski definition) is 3. The first kappa shape index (κ1) is 11.4. The van der Waals surface area contributed by atoms with E-state index in [1.54, 1.807) is 13.8 Å². The van der Waals surface area contributed by atoms with Crippen LogP contribution in [0.25, 0.3) is 0 Å². The Hall–Kier alpha value is -0.610. The Kier molecular flexibility index (Phi) is 4.20. The van der Waals surface area contributed by atoms with Crippen LogP contribution in [0.2, 0.25) is 0 Å². The van der Waals surface area contributed by atoms with Crippen LogP contribution in [0.3, 0.4) is 0 Å². The molecular weight excluding hydrogens is 156 g/mol. The Balaban J connectivity index is 3.85. The number of carbonyl (C=O) groups is 1. The second-order valence-corrected chi connectivity index (χ2v) is 3.61. The van der Waals surface area contributed by atoms with Crippen molar-refractivity contribution in [2.45, 2.75) is 38.8 Å².